The first-order valence-corrected chi connectivity index (χ1v) is 6.93. The molecule has 1 fully saturated rings. The highest BCUT2D eigenvalue weighted by Gasteiger charge is 2.22. The van der Waals surface area contributed by atoms with Gasteiger partial charge in [0, 0.05) is 32.2 Å². The van der Waals surface area contributed by atoms with Gasteiger partial charge in [-0.2, -0.15) is 0 Å². The van der Waals surface area contributed by atoms with Gasteiger partial charge in [-0.25, -0.2) is 4.39 Å². The summed E-state index contributed by atoms with van der Waals surface area (Å²) >= 11 is 0. The van der Waals surface area contributed by atoms with Gasteiger partial charge in [0.05, 0.1) is 0 Å². The summed E-state index contributed by atoms with van der Waals surface area (Å²) < 4.78 is 13.2. The van der Waals surface area contributed by atoms with E-state index in [1.807, 2.05) is 13.0 Å². The first kappa shape index (κ1) is 16.4. The van der Waals surface area contributed by atoms with Crippen LogP contribution in [0.1, 0.15) is 36.9 Å². The normalized spacial score (nSPS) is 17.8. The summed E-state index contributed by atoms with van der Waals surface area (Å²) in [4.78, 5) is 2.53. The molecule has 1 N–H and O–H groups in total. The lowest BCUT2D eigenvalue weighted by Crippen LogP contribution is -2.45. The molecule has 0 bridgehead atoms. The molecule has 0 spiro atoms. The Hall–Kier alpha value is -0.640. The van der Waals surface area contributed by atoms with Crippen molar-refractivity contribution in [3.05, 3.63) is 35.1 Å². The largest absolute Gasteiger partial charge is 0.314 e. The number of nitrogens with zero attached hydrogens (tertiary/aromatic N) is 1. The van der Waals surface area contributed by atoms with Crippen LogP contribution in [-0.2, 0) is 0 Å². The SMILES string of the molecule is CCC[C@@H](c1ccc(F)cc1C)N1CCNCC1.Cl. The number of hydrogen-bond acceptors (Lipinski definition) is 2. The predicted octanol–water partition coefficient (Wildman–Crippen LogP) is 3.30. The van der Waals surface area contributed by atoms with Crippen molar-refractivity contribution in [2.45, 2.75) is 32.7 Å². The van der Waals surface area contributed by atoms with Crippen molar-refractivity contribution in [3.63, 3.8) is 0 Å². The summed E-state index contributed by atoms with van der Waals surface area (Å²) in [6.07, 6.45) is 2.30. The third-order valence-electron chi connectivity index (χ3n) is 3.75. The average Bonchev–Trinajstić information content (AvgIpc) is 2.38. The van der Waals surface area contributed by atoms with Crippen LogP contribution in [0.2, 0.25) is 0 Å². The number of piperazine rings is 1. The quantitative estimate of drug-likeness (QED) is 0.914. The van der Waals surface area contributed by atoms with E-state index in [-0.39, 0.29) is 18.2 Å². The van der Waals surface area contributed by atoms with Crippen molar-refractivity contribution < 1.29 is 4.39 Å². The van der Waals surface area contributed by atoms with Gasteiger partial charge in [-0.3, -0.25) is 4.90 Å². The minimum Gasteiger partial charge on any atom is -0.314 e. The highest BCUT2D eigenvalue weighted by molar-refractivity contribution is 5.85. The van der Waals surface area contributed by atoms with Crippen LogP contribution in [0.4, 0.5) is 4.39 Å². The van der Waals surface area contributed by atoms with Crippen molar-refractivity contribution in [1.29, 1.82) is 0 Å². The van der Waals surface area contributed by atoms with Crippen LogP contribution in [0.15, 0.2) is 18.2 Å². The van der Waals surface area contributed by atoms with Crippen LogP contribution in [0.5, 0.6) is 0 Å². The maximum atomic E-state index is 13.2. The lowest BCUT2D eigenvalue weighted by atomic mass is 9.95. The van der Waals surface area contributed by atoms with Crippen molar-refractivity contribution in [3.8, 4) is 0 Å². The van der Waals surface area contributed by atoms with Gasteiger partial charge >= 0.3 is 0 Å². The molecule has 0 amide bonds. The molecule has 1 heterocycles. The van der Waals surface area contributed by atoms with Crippen LogP contribution in [0.25, 0.3) is 0 Å². The van der Waals surface area contributed by atoms with Gasteiger partial charge in [0.2, 0.25) is 0 Å². The second-order valence-electron chi connectivity index (χ2n) is 5.09. The maximum absolute atomic E-state index is 13.2. The van der Waals surface area contributed by atoms with E-state index < -0.39 is 0 Å². The number of benzene rings is 1. The topological polar surface area (TPSA) is 15.3 Å². The summed E-state index contributed by atoms with van der Waals surface area (Å²) in [6, 6.07) is 5.65. The van der Waals surface area contributed by atoms with Crippen molar-refractivity contribution in [2.75, 3.05) is 26.2 Å². The minimum absolute atomic E-state index is 0. The number of rotatable bonds is 4. The number of nitrogens with one attached hydrogen (secondary N) is 1. The minimum atomic E-state index is -0.133. The summed E-state index contributed by atoms with van der Waals surface area (Å²) in [5.74, 6) is -0.133. The summed E-state index contributed by atoms with van der Waals surface area (Å²) in [7, 11) is 0. The molecule has 2 rings (SSSR count). The van der Waals surface area contributed by atoms with Crippen LogP contribution >= 0.6 is 12.4 Å². The second kappa shape index (κ2) is 7.83. The number of hydrogen-bond donors (Lipinski definition) is 1. The fourth-order valence-corrected chi connectivity index (χ4v) is 2.82. The Morgan fingerprint density at radius 2 is 2.00 bits per heavy atom. The molecular formula is C15H24ClFN2. The molecule has 1 atom stereocenters. The van der Waals surface area contributed by atoms with E-state index in [0.29, 0.717) is 6.04 Å². The molecule has 1 saturated heterocycles. The van der Waals surface area contributed by atoms with E-state index >= 15 is 0 Å². The fraction of sp³-hybridized carbons (Fsp3) is 0.600. The zero-order valence-corrected chi connectivity index (χ0v) is 12.6. The van der Waals surface area contributed by atoms with E-state index in [0.717, 1.165) is 44.6 Å². The number of aryl methyl sites for hydroxylation is 1. The van der Waals surface area contributed by atoms with Gasteiger partial charge in [-0.1, -0.05) is 19.4 Å². The van der Waals surface area contributed by atoms with Gasteiger partial charge in [-0.15, -0.1) is 12.4 Å². The fourth-order valence-electron chi connectivity index (χ4n) is 2.82. The Kier molecular flexibility index (Phi) is 6.76. The zero-order chi connectivity index (χ0) is 13.0. The standard InChI is InChI=1S/C15H23FN2.ClH/c1-3-4-15(18-9-7-17-8-10-18)14-6-5-13(16)11-12(14)2;/h5-6,11,15,17H,3-4,7-10H2,1-2H3;1H/t15-;/m0./s1. The lowest BCUT2D eigenvalue weighted by Gasteiger charge is -2.36. The van der Waals surface area contributed by atoms with Crippen LogP contribution in [0, 0.1) is 12.7 Å². The number of halogens is 2. The first-order valence-electron chi connectivity index (χ1n) is 6.93. The van der Waals surface area contributed by atoms with E-state index in [1.165, 1.54) is 5.56 Å². The van der Waals surface area contributed by atoms with Crippen LogP contribution in [-0.4, -0.2) is 31.1 Å². The molecule has 0 radical (unpaired) electrons. The van der Waals surface area contributed by atoms with E-state index in [2.05, 4.69) is 17.1 Å². The van der Waals surface area contributed by atoms with E-state index in [1.54, 1.807) is 12.1 Å². The molecule has 0 aliphatic carbocycles. The molecule has 19 heavy (non-hydrogen) atoms. The summed E-state index contributed by atoms with van der Waals surface area (Å²) in [5, 5.41) is 3.39. The zero-order valence-electron chi connectivity index (χ0n) is 11.8. The summed E-state index contributed by atoms with van der Waals surface area (Å²) in [6.45, 7) is 8.52. The molecule has 0 unspecified atom stereocenters. The first-order chi connectivity index (χ1) is 8.72. The van der Waals surface area contributed by atoms with Gasteiger partial charge in [0.25, 0.3) is 0 Å². The Bertz CT molecular complexity index is 392. The smallest absolute Gasteiger partial charge is 0.123 e. The molecule has 4 heteroatoms. The second-order valence-corrected chi connectivity index (χ2v) is 5.09. The molecule has 0 saturated carbocycles. The Labute approximate surface area is 121 Å². The van der Waals surface area contributed by atoms with Gasteiger partial charge in [0.1, 0.15) is 5.82 Å². The maximum Gasteiger partial charge on any atom is 0.123 e. The highest BCUT2D eigenvalue weighted by atomic mass is 35.5. The van der Waals surface area contributed by atoms with Crippen LogP contribution in [0.3, 0.4) is 0 Å². The molecule has 2 nitrogen and oxygen atoms in total. The van der Waals surface area contributed by atoms with E-state index in [9.17, 15) is 4.39 Å². The molecular weight excluding hydrogens is 263 g/mol. The Balaban J connectivity index is 0.00000180. The van der Waals surface area contributed by atoms with Crippen molar-refractivity contribution in [1.82, 2.24) is 10.2 Å². The molecule has 1 aromatic rings. The highest BCUT2D eigenvalue weighted by Crippen LogP contribution is 2.28. The molecule has 1 aliphatic rings. The third kappa shape index (κ3) is 4.16. The third-order valence-corrected chi connectivity index (χ3v) is 3.75. The molecule has 108 valence electrons. The Morgan fingerprint density at radius 3 is 2.58 bits per heavy atom. The summed E-state index contributed by atoms with van der Waals surface area (Å²) in [5.41, 5.74) is 2.37. The molecule has 1 aromatic carbocycles. The van der Waals surface area contributed by atoms with Gasteiger partial charge < -0.3 is 5.32 Å². The lowest BCUT2D eigenvalue weighted by molar-refractivity contribution is 0.164. The van der Waals surface area contributed by atoms with Crippen molar-refractivity contribution >= 4 is 12.4 Å². The molecule has 1 aliphatic heterocycles. The van der Waals surface area contributed by atoms with Gasteiger partial charge in [0.15, 0.2) is 0 Å². The van der Waals surface area contributed by atoms with Gasteiger partial charge in [-0.05, 0) is 36.6 Å². The Morgan fingerprint density at radius 1 is 1.32 bits per heavy atom. The molecule has 0 aromatic heterocycles. The monoisotopic (exact) mass is 286 g/mol. The van der Waals surface area contributed by atoms with Crippen LogP contribution < -0.4 is 5.32 Å². The van der Waals surface area contributed by atoms with Crippen molar-refractivity contribution in [2.24, 2.45) is 0 Å². The predicted molar refractivity (Wildman–Crippen MR) is 80.5 cm³/mol. The average molecular weight is 287 g/mol. The van der Waals surface area contributed by atoms with E-state index in [4.69, 9.17) is 0 Å².